The Morgan fingerprint density at radius 2 is 1.72 bits per heavy atom. The summed E-state index contributed by atoms with van der Waals surface area (Å²) >= 11 is 0. The number of ether oxygens (including phenoxy) is 4. The number of carbonyl (C=O) groups excluding carboxylic acids is 1. The first-order chi connectivity index (χ1) is 20.5. The summed E-state index contributed by atoms with van der Waals surface area (Å²) in [6, 6.07) is 12.0. The van der Waals surface area contributed by atoms with Gasteiger partial charge >= 0.3 is 12.1 Å². The number of aromatic nitrogens is 1. The lowest BCUT2D eigenvalue weighted by atomic mass is 10.0. The second-order valence-corrected chi connectivity index (χ2v) is 11.9. The first-order valence-electron chi connectivity index (χ1n) is 14.6. The van der Waals surface area contributed by atoms with E-state index in [1.165, 1.54) is 13.2 Å². The van der Waals surface area contributed by atoms with Gasteiger partial charge < -0.3 is 38.4 Å². The lowest BCUT2D eigenvalue weighted by molar-refractivity contribution is 0.00561. The van der Waals surface area contributed by atoms with Crippen LogP contribution in [0, 0.1) is 0 Å². The molecule has 2 aliphatic rings. The average molecular weight is 594 g/mol. The molecular formula is C32H39N3O8. The van der Waals surface area contributed by atoms with Crippen LogP contribution in [0.4, 0.5) is 4.79 Å². The third-order valence-corrected chi connectivity index (χ3v) is 7.78. The summed E-state index contributed by atoms with van der Waals surface area (Å²) < 4.78 is 24.1. The Morgan fingerprint density at radius 1 is 1.00 bits per heavy atom. The number of benzene rings is 2. The largest absolute Gasteiger partial charge is 0.497 e. The maximum atomic E-state index is 13.4. The molecule has 2 aliphatic heterocycles. The number of carbonyl (C=O) groups is 2. The number of likely N-dealkylation sites (tertiary alicyclic amines) is 1. The minimum Gasteiger partial charge on any atom is -0.497 e. The number of piperidine rings is 1. The van der Waals surface area contributed by atoms with E-state index >= 15 is 0 Å². The summed E-state index contributed by atoms with van der Waals surface area (Å²) in [5.41, 5.74) is 0.430. The molecule has 5 rings (SSSR count). The van der Waals surface area contributed by atoms with Crippen LogP contribution in [0.1, 0.15) is 49.5 Å². The van der Waals surface area contributed by atoms with Gasteiger partial charge in [0.2, 0.25) is 0 Å². The van der Waals surface area contributed by atoms with Gasteiger partial charge in [-0.2, -0.15) is 0 Å². The van der Waals surface area contributed by atoms with E-state index in [-0.39, 0.29) is 23.3 Å². The highest BCUT2D eigenvalue weighted by atomic mass is 16.6. The van der Waals surface area contributed by atoms with E-state index in [1.54, 1.807) is 22.8 Å². The number of aromatic carboxylic acids is 1. The highest BCUT2D eigenvalue weighted by molar-refractivity contribution is 6.02. The Bertz CT molecular complexity index is 1550. The smallest absolute Gasteiger partial charge is 0.410 e. The maximum absolute atomic E-state index is 13.4. The topological polar surface area (TPSA) is 120 Å². The number of hydrogen-bond donors (Lipinski definition) is 1. The molecule has 1 N–H and O–H groups in total. The molecule has 0 bridgehead atoms. The Balaban J connectivity index is 1.29. The van der Waals surface area contributed by atoms with Gasteiger partial charge in [0, 0.05) is 56.3 Å². The molecule has 0 atom stereocenters. The van der Waals surface area contributed by atoms with Gasteiger partial charge in [0.05, 0.1) is 18.2 Å². The van der Waals surface area contributed by atoms with Crippen LogP contribution in [-0.4, -0.2) is 83.1 Å². The van der Waals surface area contributed by atoms with Crippen molar-refractivity contribution in [3.8, 4) is 17.2 Å². The Kier molecular flexibility index (Phi) is 8.82. The molecule has 230 valence electrons. The van der Waals surface area contributed by atoms with Gasteiger partial charge in [0.1, 0.15) is 24.6 Å². The summed E-state index contributed by atoms with van der Waals surface area (Å²) in [6.45, 7) is 9.42. The van der Waals surface area contributed by atoms with Crippen molar-refractivity contribution in [2.24, 2.45) is 0 Å². The van der Waals surface area contributed by atoms with Crippen molar-refractivity contribution in [2.75, 3.05) is 40.0 Å². The molecule has 2 aromatic carbocycles. The predicted octanol–water partition coefficient (Wildman–Crippen LogP) is 4.38. The molecule has 0 radical (unpaired) electrons. The van der Waals surface area contributed by atoms with Crippen LogP contribution < -0.4 is 19.8 Å². The number of carboxylic acids is 1. The number of pyridine rings is 1. The summed E-state index contributed by atoms with van der Waals surface area (Å²) in [5, 5.41) is 10.1. The number of methoxy groups -OCH3 is 1. The Labute approximate surface area is 250 Å². The summed E-state index contributed by atoms with van der Waals surface area (Å²) in [4.78, 5) is 42.2. The third-order valence-electron chi connectivity index (χ3n) is 7.78. The normalized spacial score (nSPS) is 15.7. The fraction of sp³-hybridized carbons (Fsp3) is 0.469. The van der Waals surface area contributed by atoms with Crippen molar-refractivity contribution in [3.63, 3.8) is 0 Å². The standard InChI is InChI=1S/C32H39N3O8/c1-32(2,3)43-31(39)35(20-21-5-8-27-28(17-21)42-16-15-41-27)22-9-11-33(12-10-22)13-14-34-26-18-23(40-4)6-7-24(26)25(30(37)38)19-29(34)36/h5-8,17-19,22H,9-16,20H2,1-4H3,(H,37,38). The van der Waals surface area contributed by atoms with E-state index in [0.29, 0.717) is 61.0 Å². The summed E-state index contributed by atoms with van der Waals surface area (Å²) in [5.74, 6) is 0.783. The van der Waals surface area contributed by atoms with Gasteiger partial charge in [0.15, 0.2) is 11.5 Å². The molecule has 43 heavy (non-hydrogen) atoms. The molecule has 11 heteroatoms. The fourth-order valence-corrected chi connectivity index (χ4v) is 5.64. The van der Waals surface area contributed by atoms with Crippen LogP contribution in [0.25, 0.3) is 10.9 Å². The molecule has 1 saturated heterocycles. The molecule has 0 saturated carbocycles. The zero-order valence-corrected chi connectivity index (χ0v) is 25.1. The number of nitrogens with zero attached hydrogens (tertiary/aromatic N) is 3. The molecule has 3 aromatic rings. The number of hydrogen-bond acceptors (Lipinski definition) is 8. The monoisotopic (exact) mass is 593 g/mol. The second-order valence-electron chi connectivity index (χ2n) is 11.9. The molecule has 3 heterocycles. The number of amides is 1. The van der Waals surface area contributed by atoms with Crippen LogP contribution >= 0.6 is 0 Å². The highest BCUT2D eigenvalue weighted by Gasteiger charge is 2.31. The van der Waals surface area contributed by atoms with E-state index in [9.17, 15) is 19.5 Å². The number of carboxylic acid groups (broad SMARTS) is 1. The van der Waals surface area contributed by atoms with Crippen molar-refractivity contribution in [1.29, 1.82) is 0 Å². The molecule has 11 nitrogen and oxygen atoms in total. The van der Waals surface area contributed by atoms with Crippen molar-refractivity contribution in [1.82, 2.24) is 14.4 Å². The molecule has 1 fully saturated rings. The Morgan fingerprint density at radius 3 is 2.40 bits per heavy atom. The lowest BCUT2D eigenvalue weighted by Gasteiger charge is -2.39. The van der Waals surface area contributed by atoms with Crippen LogP contribution in [-0.2, 0) is 17.8 Å². The molecule has 1 amide bonds. The zero-order valence-electron chi connectivity index (χ0n) is 25.1. The van der Waals surface area contributed by atoms with E-state index < -0.39 is 11.6 Å². The quantitative estimate of drug-likeness (QED) is 0.406. The zero-order chi connectivity index (χ0) is 30.7. The SMILES string of the molecule is COc1ccc2c(C(=O)O)cc(=O)n(CCN3CCC(N(Cc4ccc5c(c4)OCCO5)C(=O)OC(C)(C)C)CC3)c2c1. The van der Waals surface area contributed by atoms with E-state index in [1.807, 2.05) is 43.9 Å². The van der Waals surface area contributed by atoms with Gasteiger partial charge in [0.25, 0.3) is 5.56 Å². The molecule has 0 aliphatic carbocycles. The minimum absolute atomic E-state index is 0.0260. The van der Waals surface area contributed by atoms with Crippen LogP contribution in [0.5, 0.6) is 17.2 Å². The Hall–Kier alpha value is -4.25. The van der Waals surface area contributed by atoms with E-state index in [2.05, 4.69) is 4.90 Å². The summed E-state index contributed by atoms with van der Waals surface area (Å²) in [6.07, 6.45) is 1.13. The van der Waals surface area contributed by atoms with Crippen LogP contribution in [0.3, 0.4) is 0 Å². The molecule has 0 spiro atoms. The fourth-order valence-electron chi connectivity index (χ4n) is 5.64. The highest BCUT2D eigenvalue weighted by Crippen LogP contribution is 2.32. The number of fused-ring (bicyclic) bond motifs is 2. The van der Waals surface area contributed by atoms with Gasteiger partial charge in [-0.3, -0.25) is 4.79 Å². The van der Waals surface area contributed by atoms with Crippen molar-refractivity contribution in [2.45, 2.75) is 58.3 Å². The maximum Gasteiger partial charge on any atom is 0.410 e. The van der Waals surface area contributed by atoms with Gasteiger partial charge in [-0.15, -0.1) is 0 Å². The van der Waals surface area contributed by atoms with Crippen molar-refractivity contribution in [3.05, 3.63) is 63.9 Å². The lowest BCUT2D eigenvalue weighted by Crippen LogP contribution is -2.49. The van der Waals surface area contributed by atoms with Gasteiger partial charge in [-0.25, -0.2) is 9.59 Å². The van der Waals surface area contributed by atoms with Gasteiger partial charge in [-0.05, 0) is 63.4 Å². The third kappa shape index (κ3) is 7.05. The first kappa shape index (κ1) is 30.2. The average Bonchev–Trinajstić information content (AvgIpc) is 2.98. The van der Waals surface area contributed by atoms with Crippen molar-refractivity contribution >= 4 is 23.0 Å². The van der Waals surface area contributed by atoms with Gasteiger partial charge in [-0.1, -0.05) is 6.07 Å². The molecule has 1 aromatic heterocycles. The first-order valence-corrected chi connectivity index (χ1v) is 14.6. The van der Waals surface area contributed by atoms with E-state index in [4.69, 9.17) is 18.9 Å². The molecule has 0 unspecified atom stereocenters. The van der Waals surface area contributed by atoms with Crippen molar-refractivity contribution < 1.29 is 33.6 Å². The predicted molar refractivity (Wildman–Crippen MR) is 160 cm³/mol. The minimum atomic E-state index is -1.15. The summed E-state index contributed by atoms with van der Waals surface area (Å²) in [7, 11) is 1.53. The second kappa shape index (κ2) is 12.5. The van der Waals surface area contributed by atoms with E-state index in [0.717, 1.165) is 31.5 Å². The van der Waals surface area contributed by atoms with Crippen LogP contribution in [0.15, 0.2) is 47.3 Å². The molecular weight excluding hydrogens is 554 g/mol. The van der Waals surface area contributed by atoms with Crippen LogP contribution in [0.2, 0.25) is 0 Å². The number of rotatable bonds is 8.